The van der Waals surface area contributed by atoms with E-state index in [1.54, 1.807) is 0 Å². The van der Waals surface area contributed by atoms with E-state index in [2.05, 4.69) is 31.3 Å². The maximum absolute atomic E-state index is 12.4. The summed E-state index contributed by atoms with van der Waals surface area (Å²) in [4.78, 5) is 12.4. The van der Waals surface area contributed by atoms with Crippen molar-refractivity contribution >= 4 is 5.91 Å². The zero-order chi connectivity index (χ0) is 13.0. The van der Waals surface area contributed by atoms with E-state index in [0.717, 1.165) is 18.4 Å². The molecule has 1 saturated carbocycles. The second-order valence-corrected chi connectivity index (χ2v) is 5.39. The highest BCUT2D eigenvalue weighted by Gasteiger charge is 2.30. The fourth-order valence-corrected chi connectivity index (χ4v) is 2.46. The van der Waals surface area contributed by atoms with Crippen LogP contribution < -0.4 is 5.32 Å². The average Bonchev–Trinajstić information content (AvgIpc) is 3.21. The standard InChI is InChI=1S/C16H23NO/c1-3-7-15(14-8-5-4-6-9-14)16(18)17-12(2)13-10-11-13/h4-6,8-9,12-13,15H,3,7,10-11H2,1-2H3,(H,17,18). The van der Waals surface area contributed by atoms with Gasteiger partial charge in [-0.1, -0.05) is 43.7 Å². The maximum atomic E-state index is 12.4. The smallest absolute Gasteiger partial charge is 0.227 e. The summed E-state index contributed by atoms with van der Waals surface area (Å²) in [5.41, 5.74) is 1.14. The van der Waals surface area contributed by atoms with Gasteiger partial charge in [-0.15, -0.1) is 0 Å². The molecule has 1 aliphatic rings. The highest BCUT2D eigenvalue weighted by atomic mass is 16.1. The molecule has 0 saturated heterocycles. The Morgan fingerprint density at radius 1 is 1.33 bits per heavy atom. The molecule has 1 aromatic rings. The van der Waals surface area contributed by atoms with Crippen molar-refractivity contribution < 1.29 is 4.79 Å². The Labute approximate surface area is 110 Å². The molecular formula is C16H23NO. The summed E-state index contributed by atoms with van der Waals surface area (Å²) >= 11 is 0. The normalized spacial score (nSPS) is 18.1. The zero-order valence-electron chi connectivity index (χ0n) is 11.4. The van der Waals surface area contributed by atoms with Crippen molar-refractivity contribution in [2.45, 2.75) is 51.5 Å². The third kappa shape index (κ3) is 3.34. The van der Waals surface area contributed by atoms with Gasteiger partial charge in [0.05, 0.1) is 5.92 Å². The monoisotopic (exact) mass is 245 g/mol. The van der Waals surface area contributed by atoms with Gasteiger partial charge in [0.15, 0.2) is 0 Å². The molecule has 18 heavy (non-hydrogen) atoms. The van der Waals surface area contributed by atoms with Crippen molar-refractivity contribution in [2.75, 3.05) is 0 Å². The van der Waals surface area contributed by atoms with E-state index in [-0.39, 0.29) is 11.8 Å². The molecule has 0 spiro atoms. The first-order chi connectivity index (χ1) is 8.72. The first-order valence-electron chi connectivity index (χ1n) is 7.07. The predicted octanol–water partition coefficient (Wildman–Crippen LogP) is 3.49. The minimum Gasteiger partial charge on any atom is -0.353 e. The van der Waals surface area contributed by atoms with Crippen LogP contribution in [-0.4, -0.2) is 11.9 Å². The zero-order valence-corrected chi connectivity index (χ0v) is 11.4. The number of benzene rings is 1. The van der Waals surface area contributed by atoms with Gasteiger partial charge in [-0.2, -0.15) is 0 Å². The molecule has 1 aliphatic carbocycles. The van der Waals surface area contributed by atoms with Gasteiger partial charge >= 0.3 is 0 Å². The van der Waals surface area contributed by atoms with Crippen LogP contribution in [0.3, 0.4) is 0 Å². The Hall–Kier alpha value is -1.31. The second kappa shape index (κ2) is 6.03. The number of amides is 1. The van der Waals surface area contributed by atoms with Gasteiger partial charge in [0.1, 0.15) is 0 Å². The fourth-order valence-electron chi connectivity index (χ4n) is 2.46. The minimum absolute atomic E-state index is 0.0115. The topological polar surface area (TPSA) is 29.1 Å². The quantitative estimate of drug-likeness (QED) is 0.816. The molecule has 0 heterocycles. The summed E-state index contributed by atoms with van der Waals surface area (Å²) in [6.07, 6.45) is 4.49. The van der Waals surface area contributed by atoms with Crippen molar-refractivity contribution in [1.29, 1.82) is 0 Å². The van der Waals surface area contributed by atoms with Crippen LogP contribution in [0.2, 0.25) is 0 Å². The van der Waals surface area contributed by atoms with Crippen molar-refractivity contribution in [2.24, 2.45) is 5.92 Å². The van der Waals surface area contributed by atoms with Gasteiger partial charge in [-0.3, -0.25) is 4.79 Å². The van der Waals surface area contributed by atoms with Gasteiger partial charge in [0.2, 0.25) is 5.91 Å². The predicted molar refractivity (Wildman–Crippen MR) is 74.4 cm³/mol. The molecule has 2 unspecified atom stereocenters. The van der Waals surface area contributed by atoms with Gasteiger partial charge < -0.3 is 5.32 Å². The number of hydrogen-bond donors (Lipinski definition) is 1. The SMILES string of the molecule is CCCC(C(=O)NC(C)C1CC1)c1ccccc1. The third-order valence-corrected chi connectivity index (χ3v) is 3.79. The van der Waals surface area contributed by atoms with Crippen molar-refractivity contribution in [3.63, 3.8) is 0 Å². The van der Waals surface area contributed by atoms with E-state index in [1.807, 2.05) is 18.2 Å². The molecule has 2 heteroatoms. The van der Waals surface area contributed by atoms with Crippen molar-refractivity contribution in [3.8, 4) is 0 Å². The summed E-state index contributed by atoms with van der Waals surface area (Å²) in [5.74, 6) is 0.923. The number of hydrogen-bond acceptors (Lipinski definition) is 1. The molecule has 0 aliphatic heterocycles. The lowest BCUT2D eigenvalue weighted by molar-refractivity contribution is -0.123. The van der Waals surface area contributed by atoms with E-state index < -0.39 is 0 Å². The molecule has 2 nitrogen and oxygen atoms in total. The average molecular weight is 245 g/mol. The highest BCUT2D eigenvalue weighted by Crippen LogP contribution is 2.33. The molecule has 0 bridgehead atoms. The Kier molecular flexibility index (Phi) is 4.40. The van der Waals surface area contributed by atoms with Crippen molar-refractivity contribution in [3.05, 3.63) is 35.9 Å². The fraction of sp³-hybridized carbons (Fsp3) is 0.562. The van der Waals surface area contributed by atoms with Crippen LogP contribution in [0, 0.1) is 5.92 Å². The van der Waals surface area contributed by atoms with E-state index in [9.17, 15) is 4.79 Å². The largest absolute Gasteiger partial charge is 0.353 e. The van der Waals surface area contributed by atoms with Crippen LogP contribution in [0.5, 0.6) is 0 Å². The summed E-state index contributed by atoms with van der Waals surface area (Å²) in [6.45, 7) is 4.26. The Bertz CT molecular complexity index is 383. The summed E-state index contributed by atoms with van der Waals surface area (Å²) in [5, 5.41) is 3.19. The molecular weight excluding hydrogens is 222 g/mol. The number of rotatable bonds is 6. The molecule has 1 fully saturated rings. The van der Waals surface area contributed by atoms with Crippen LogP contribution >= 0.6 is 0 Å². The van der Waals surface area contributed by atoms with E-state index in [0.29, 0.717) is 12.0 Å². The third-order valence-electron chi connectivity index (χ3n) is 3.79. The van der Waals surface area contributed by atoms with Gasteiger partial charge in [-0.25, -0.2) is 0 Å². The van der Waals surface area contributed by atoms with Crippen LogP contribution in [0.15, 0.2) is 30.3 Å². The Balaban J connectivity index is 2.02. The lowest BCUT2D eigenvalue weighted by Crippen LogP contribution is -2.37. The Morgan fingerprint density at radius 3 is 2.56 bits per heavy atom. The maximum Gasteiger partial charge on any atom is 0.227 e. The second-order valence-electron chi connectivity index (χ2n) is 5.39. The van der Waals surface area contributed by atoms with Crippen molar-refractivity contribution in [1.82, 2.24) is 5.32 Å². The summed E-state index contributed by atoms with van der Waals surface area (Å²) < 4.78 is 0. The van der Waals surface area contributed by atoms with Crippen LogP contribution in [0.25, 0.3) is 0 Å². The molecule has 1 amide bonds. The van der Waals surface area contributed by atoms with Crippen LogP contribution in [-0.2, 0) is 4.79 Å². The van der Waals surface area contributed by atoms with E-state index >= 15 is 0 Å². The van der Waals surface area contributed by atoms with Gasteiger partial charge in [0.25, 0.3) is 0 Å². The van der Waals surface area contributed by atoms with Crippen LogP contribution in [0.1, 0.15) is 51.0 Å². The minimum atomic E-state index is 0.0115. The molecule has 2 rings (SSSR count). The Morgan fingerprint density at radius 2 is 2.00 bits per heavy atom. The first-order valence-corrected chi connectivity index (χ1v) is 7.07. The molecule has 1 N–H and O–H groups in total. The summed E-state index contributed by atoms with van der Waals surface area (Å²) in [6, 6.07) is 10.5. The summed E-state index contributed by atoms with van der Waals surface area (Å²) in [7, 11) is 0. The first kappa shape index (κ1) is 13.1. The lowest BCUT2D eigenvalue weighted by atomic mass is 9.93. The molecule has 98 valence electrons. The van der Waals surface area contributed by atoms with E-state index in [4.69, 9.17) is 0 Å². The highest BCUT2D eigenvalue weighted by molar-refractivity contribution is 5.83. The van der Waals surface area contributed by atoms with Gasteiger partial charge in [-0.05, 0) is 37.7 Å². The number of nitrogens with one attached hydrogen (secondary N) is 1. The van der Waals surface area contributed by atoms with Crippen LogP contribution in [0.4, 0.5) is 0 Å². The molecule has 0 aromatic heterocycles. The lowest BCUT2D eigenvalue weighted by Gasteiger charge is -2.20. The van der Waals surface area contributed by atoms with Gasteiger partial charge in [0, 0.05) is 6.04 Å². The van der Waals surface area contributed by atoms with E-state index in [1.165, 1.54) is 12.8 Å². The molecule has 0 radical (unpaired) electrons. The number of carbonyl (C=O) groups is 1. The number of carbonyl (C=O) groups excluding carboxylic acids is 1. The molecule has 2 atom stereocenters. The molecule has 1 aromatic carbocycles.